The van der Waals surface area contributed by atoms with E-state index in [9.17, 15) is 4.79 Å². The van der Waals surface area contributed by atoms with Crippen LogP contribution in [0.2, 0.25) is 0 Å². The van der Waals surface area contributed by atoms with Gasteiger partial charge in [0, 0.05) is 16.8 Å². The molecule has 1 heterocycles. The third kappa shape index (κ3) is 3.71. The molecule has 0 aromatic rings. The van der Waals surface area contributed by atoms with E-state index in [1.807, 2.05) is 0 Å². The predicted octanol–water partition coefficient (Wildman–Crippen LogP) is 2.14. The largest absolute Gasteiger partial charge is 0.480 e. The summed E-state index contributed by atoms with van der Waals surface area (Å²) in [5.41, 5.74) is 0. The Morgan fingerprint density at radius 1 is 1.43 bits per heavy atom. The summed E-state index contributed by atoms with van der Waals surface area (Å²) in [5, 5.41) is 10.2. The van der Waals surface area contributed by atoms with Crippen molar-refractivity contribution >= 4 is 29.5 Å². The van der Waals surface area contributed by atoms with Gasteiger partial charge in [0.05, 0.1) is 0 Å². The molecule has 0 amide bonds. The molecule has 1 rings (SSSR count). The number of rotatable bonds is 4. The van der Waals surface area contributed by atoms with Crippen LogP contribution in [0.1, 0.15) is 20.3 Å². The fraction of sp³-hybridized carbons (Fsp3) is 0.889. The average molecular weight is 235 g/mol. The maximum atomic E-state index is 11.1. The highest BCUT2D eigenvalue weighted by Crippen LogP contribution is 2.25. The second-order valence-corrected chi connectivity index (χ2v) is 6.13. The summed E-state index contributed by atoms with van der Waals surface area (Å²) in [6.45, 7) is 4.14. The van der Waals surface area contributed by atoms with Crippen LogP contribution < -0.4 is 0 Å². The molecule has 1 aliphatic heterocycles. The van der Waals surface area contributed by atoms with Gasteiger partial charge in [0.15, 0.2) is 0 Å². The molecule has 5 heteroatoms. The van der Waals surface area contributed by atoms with Crippen molar-refractivity contribution in [2.24, 2.45) is 5.92 Å². The third-order valence-electron chi connectivity index (χ3n) is 2.10. The summed E-state index contributed by atoms with van der Waals surface area (Å²) in [5.74, 6) is 1.47. The van der Waals surface area contributed by atoms with E-state index in [0.29, 0.717) is 5.92 Å². The Hall–Kier alpha value is 0.130. The van der Waals surface area contributed by atoms with Gasteiger partial charge in [-0.15, -0.1) is 23.5 Å². The topological polar surface area (TPSA) is 40.5 Å². The lowest BCUT2D eigenvalue weighted by molar-refractivity contribution is -0.143. The van der Waals surface area contributed by atoms with E-state index in [0.717, 1.165) is 23.3 Å². The van der Waals surface area contributed by atoms with Crippen LogP contribution in [0, 0.1) is 5.92 Å². The van der Waals surface area contributed by atoms with Gasteiger partial charge in [-0.2, -0.15) is 0 Å². The molecule has 0 radical (unpaired) electrons. The van der Waals surface area contributed by atoms with Gasteiger partial charge in [-0.1, -0.05) is 13.8 Å². The highest BCUT2D eigenvalue weighted by molar-refractivity contribution is 8.16. The maximum absolute atomic E-state index is 11.1. The first-order chi connectivity index (χ1) is 6.61. The van der Waals surface area contributed by atoms with Crippen molar-refractivity contribution < 1.29 is 9.90 Å². The molecule has 1 fully saturated rings. The minimum atomic E-state index is -0.679. The quantitative estimate of drug-likeness (QED) is 0.808. The first-order valence-electron chi connectivity index (χ1n) is 4.73. The zero-order valence-electron chi connectivity index (χ0n) is 8.60. The van der Waals surface area contributed by atoms with Crippen molar-refractivity contribution in [2.75, 3.05) is 16.8 Å². The van der Waals surface area contributed by atoms with Crippen molar-refractivity contribution in [3.05, 3.63) is 0 Å². The van der Waals surface area contributed by atoms with Crippen LogP contribution in [-0.2, 0) is 4.79 Å². The molecule has 1 atom stereocenters. The third-order valence-corrected chi connectivity index (χ3v) is 4.46. The van der Waals surface area contributed by atoms with Crippen LogP contribution >= 0.6 is 23.5 Å². The summed E-state index contributed by atoms with van der Waals surface area (Å²) < 4.78 is 0. The first-order valence-corrected chi connectivity index (χ1v) is 7.04. The van der Waals surface area contributed by atoms with E-state index < -0.39 is 5.97 Å². The van der Waals surface area contributed by atoms with Crippen LogP contribution in [0.15, 0.2) is 0 Å². The molecule has 0 unspecified atom stereocenters. The molecule has 0 spiro atoms. The lowest BCUT2D eigenvalue weighted by atomic mass is 10.0. The number of carboxylic acids is 1. The summed E-state index contributed by atoms with van der Waals surface area (Å²) in [4.78, 5) is 13.1. The van der Waals surface area contributed by atoms with Gasteiger partial charge in [0.2, 0.25) is 0 Å². The molecule has 14 heavy (non-hydrogen) atoms. The Balaban J connectivity index is 2.51. The van der Waals surface area contributed by atoms with Crippen LogP contribution in [0.3, 0.4) is 0 Å². The number of aliphatic carboxylic acids is 1. The number of hydrogen-bond donors (Lipinski definition) is 1. The van der Waals surface area contributed by atoms with Crippen LogP contribution in [0.5, 0.6) is 0 Å². The molecular formula is C9H17NO2S2. The Labute approximate surface area is 93.6 Å². The summed E-state index contributed by atoms with van der Waals surface area (Å²) in [6, 6.07) is -0.296. The van der Waals surface area contributed by atoms with Crippen molar-refractivity contribution in [2.45, 2.75) is 26.3 Å². The molecule has 3 nitrogen and oxygen atoms in total. The maximum Gasteiger partial charge on any atom is 0.320 e. The standard InChI is InChI=1S/C9H17NO2S2/c1-7(2)3-8(9(11)12)10-4-13-6-14-5-10/h7-8H,3-6H2,1-2H3,(H,11,12)/t8-/m0/s1. The van der Waals surface area contributed by atoms with Gasteiger partial charge in [-0.05, 0) is 12.3 Å². The molecule has 0 saturated carbocycles. The molecule has 1 N–H and O–H groups in total. The van der Waals surface area contributed by atoms with Gasteiger partial charge < -0.3 is 5.11 Å². The molecule has 0 aromatic heterocycles. The Bertz CT molecular complexity index is 193. The monoisotopic (exact) mass is 235 g/mol. The van der Waals surface area contributed by atoms with Gasteiger partial charge in [0.25, 0.3) is 0 Å². The molecule has 0 aliphatic carbocycles. The first kappa shape index (κ1) is 12.2. The lowest BCUT2D eigenvalue weighted by Gasteiger charge is -2.31. The highest BCUT2D eigenvalue weighted by Gasteiger charge is 2.27. The van der Waals surface area contributed by atoms with E-state index in [-0.39, 0.29) is 6.04 Å². The van der Waals surface area contributed by atoms with E-state index >= 15 is 0 Å². The second kappa shape index (κ2) is 5.88. The average Bonchev–Trinajstić information content (AvgIpc) is 2.15. The Kier molecular flexibility index (Phi) is 5.12. The van der Waals surface area contributed by atoms with Crippen molar-refractivity contribution in [3.63, 3.8) is 0 Å². The van der Waals surface area contributed by atoms with E-state index in [4.69, 9.17) is 5.11 Å². The number of carboxylic acid groups (broad SMARTS) is 1. The SMILES string of the molecule is CC(C)C[C@@H](C(=O)O)N1CSCSC1. The van der Waals surface area contributed by atoms with Gasteiger partial charge in [-0.25, -0.2) is 0 Å². The zero-order valence-corrected chi connectivity index (χ0v) is 10.2. The van der Waals surface area contributed by atoms with Gasteiger partial charge in [-0.3, -0.25) is 9.69 Å². The predicted molar refractivity (Wildman–Crippen MR) is 62.5 cm³/mol. The normalized spacial score (nSPS) is 21.1. The molecule has 1 aliphatic rings. The van der Waals surface area contributed by atoms with Crippen LogP contribution in [-0.4, -0.2) is 38.9 Å². The number of carbonyl (C=O) groups is 1. The zero-order chi connectivity index (χ0) is 10.6. The molecule has 82 valence electrons. The molecule has 1 saturated heterocycles. The van der Waals surface area contributed by atoms with E-state index in [1.165, 1.54) is 0 Å². The smallest absolute Gasteiger partial charge is 0.320 e. The number of hydrogen-bond acceptors (Lipinski definition) is 4. The summed E-state index contributed by atoms with van der Waals surface area (Å²) >= 11 is 3.60. The highest BCUT2D eigenvalue weighted by atomic mass is 32.2. The number of thioether (sulfide) groups is 2. The fourth-order valence-corrected chi connectivity index (χ4v) is 3.63. The molecular weight excluding hydrogens is 218 g/mol. The molecule has 0 bridgehead atoms. The second-order valence-electron chi connectivity index (χ2n) is 3.86. The Morgan fingerprint density at radius 3 is 2.43 bits per heavy atom. The van der Waals surface area contributed by atoms with Gasteiger partial charge in [0.1, 0.15) is 6.04 Å². The van der Waals surface area contributed by atoms with Crippen molar-refractivity contribution in [3.8, 4) is 0 Å². The van der Waals surface area contributed by atoms with Crippen molar-refractivity contribution in [1.29, 1.82) is 0 Å². The van der Waals surface area contributed by atoms with Crippen LogP contribution in [0.4, 0.5) is 0 Å². The summed E-state index contributed by atoms with van der Waals surface area (Å²) in [6.07, 6.45) is 0.746. The minimum Gasteiger partial charge on any atom is -0.480 e. The fourth-order valence-electron chi connectivity index (χ4n) is 1.44. The van der Waals surface area contributed by atoms with E-state index in [1.54, 1.807) is 23.5 Å². The van der Waals surface area contributed by atoms with Gasteiger partial charge >= 0.3 is 5.97 Å². The van der Waals surface area contributed by atoms with E-state index in [2.05, 4.69) is 18.7 Å². The lowest BCUT2D eigenvalue weighted by Crippen LogP contribution is -2.43. The number of nitrogens with zero attached hydrogens (tertiary/aromatic N) is 1. The minimum absolute atomic E-state index is 0.296. The van der Waals surface area contributed by atoms with Crippen LogP contribution in [0.25, 0.3) is 0 Å². The van der Waals surface area contributed by atoms with Crippen molar-refractivity contribution in [1.82, 2.24) is 4.90 Å². The Morgan fingerprint density at radius 2 is 2.00 bits per heavy atom. The summed E-state index contributed by atoms with van der Waals surface area (Å²) in [7, 11) is 0. The molecule has 0 aromatic carbocycles.